The smallest absolute Gasteiger partial charge is 0.315 e. The van der Waals surface area contributed by atoms with E-state index in [1.54, 1.807) is 85.8 Å². The lowest BCUT2D eigenvalue weighted by Gasteiger charge is -2.45. The predicted octanol–water partition coefficient (Wildman–Crippen LogP) is 5.17. The lowest BCUT2D eigenvalue weighted by molar-refractivity contribution is -0.164. The van der Waals surface area contributed by atoms with Crippen LogP contribution in [-0.2, 0) is 20.1 Å². The Bertz CT molecular complexity index is 1440. The summed E-state index contributed by atoms with van der Waals surface area (Å²) in [5, 5.41) is 29.2. The van der Waals surface area contributed by atoms with Crippen LogP contribution in [0.3, 0.4) is 0 Å². The van der Waals surface area contributed by atoms with E-state index in [0.717, 1.165) is 11.8 Å². The van der Waals surface area contributed by atoms with Gasteiger partial charge in [-0.25, -0.2) is 0 Å². The van der Waals surface area contributed by atoms with Crippen LogP contribution < -0.4 is 15.4 Å². The Labute approximate surface area is 241 Å². The number of amides is 1. The van der Waals surface area contributed by atoms with Crippen molar-refractivity contribution >= 4 is 40.9 Å². The summed E-state index contributed by atoms with van der Waals surface area (Å²) in [6.07, 6.45) is 0. The van der Waals surface area contributed by atoms with Crippen molar-refractivity contribution in [2.75, 3.05) is 24.8 Å². The van der Waals surface area contributed by atoms with Crippen LogP contribution >= 0.6 is 23.4 Å². The van der Waals surface area contributed by atoms with Crippen LogP contribution in [0.1, 0.15) is 24.0 Å². The molecule has 8 nitrogen and oxygen atoms in total. The molecule has 0 saturated heterocycles. The summed E-state index contributed by atoms with van der Waals surface area (Å²) in [5.74, 6) is -2.60. The molecule has 0 saturated carbocycles. The number of esters is 1. The summed E-state index contributed by atoms with van der Waals surface area (Å²) < 4.78 is 10.6. The van der Waals surface area contributed by atoms with Crippen LogP contribution in [0.15, 0.2) is 89.5 Å². The van der Waals surface area contributed by atoms with E-state index >= 15 is 0 Å². The minimum Gasteiger partial charge on any atom is -0.497 e. The van der Waals surface area contributed by atoms with Crippen molar-refractivity contribution in [3.63, 3.8) is 0 Å². The molecule has 3 aromatic carbocycles. The van der Waals surface area contributed by atoms with E-state index in [-0.39, 0.29) is 28.9 Å². The average molecular weight is 578 g/mol. The van der Waals surface area contributed by atoms with E-state index in [9.17, 15) is 20.0 Å². The topological polar surface area (TPSA) is 121 Å². The molecule has 0 aromatic heterocycles. The maximum atomic E-state index is 13.5. The molecule has 4 rings (SSSR count). The van der Waals surface area contributed by atoms with Crippen molar-refractivity contribution in [2.24, 2.45) is 5.92 Å². The number of aliphatic hydroxyl groups is 1. The number of thioether (sulfide) groups is 1. The van der Waals surface area contributed by atoms with Gasteiger partial charge >= 0.3 is 5.97 Å². The first-order chi connectivity index (χ1) is 19.3. The minimum atomic E-state index is -1.95. The Kier molecular flexibility index (Phi) is 9.38. The van der Waals surface area contributed by atoms with Gasteiger partial charge in [-0.1, -0.05) is 71.9 Å². The Morgan fingerprint density at radius 1 is 1.12 bits per heavy atom. The van der Waals surface area contributed by atoms with E-state index in [0.29, 0.717) is 27.6 Å². The van der Waals surface area contributed by atoms with E-state index in [1.807, 2.05) is 0 Å². The molecule has 1 aliphatic rings. The molecular weight excluding hydrogens is 550 g/mol. The summed E-state index contributed by atoms with van der Waals surface area (Å²) in [6, 6.07) is 24.6. The number of rotatable bonds is 9. The van der Waals surface area contributed by atoms with Crippen molar-refractivity contribution in [3.05, 3.63) is 106 Å². The molecule has 40 heavy (non-hydrogen) atoms. The van der Waals surface area contributed by atoms with Gasteiger partial charge in [0.25, 0.3) is 0 Å². The number of carbonyl (C=O) groups excluding carboxylic acids is 2. The second-order valence-corrected chi connectivity index (χ2v) is 10.4. The first-order valence-corrected chi connectivity index (χ1v) is 13.9. The number of hydrogen-bond acceptors (Lipinski definition) is 8. The number of ether oxygens (including phenoxy) is 2. The maximum Gasteiger partial charge on any atom is 0.315 e. The second-order valence-electron chi connectivity index (χ2n) is 8.94. The standard InChI is InChI=1S/C30H28ClN3O5S/c1-3-39-29(36)27-26(19-12-14-21(31)15-13-19)24(17-32)28(34-30(27,37)20-8-5-4-6-9-20)40-18-25(35)33-22-10-7-11-23(16-22)38-2/h4-16,26-27,34,37H,3,18H2,1-2H3,(H,33,35)/t26-,27+,30-/m1/s1. The highest BCUT2D eigenvalue weighted by Crippen LogP contribution is 2.49. The lowest BCUT2D eigenvalue weighted by Crippen LogP contribution is -2.56. The third-order valence-electron chi connectivity index (χ3n) is 6.45. The molecule has 0 spiro atoms. The number of nitrogens with one attached hydrogen (secondary N) is 2. The molecule has 1 aliphatic heterocycles. The third kappa shape index (κ3) is 6.26. The molecule has 3 aromatic rings. The van der Waals surface area contributed by atoms with Gasteiger partial charge in [-0.05, 0) is 36.8 Å². The summed E-state index contributed by atoms with van der Waals surface area (Å²) in [4.78, 5) is 26.3. The molecular formula is C30H28ClN3O5S. The molecule has 1 amide bonds. The van der Waals surface area contributed by atoms with E-state index in [1.165, 1.54) is 7.11 Å². The molecule has 0 fully saturated rings. The van der Waals surface area contributed by atoms with Crippen LogP contribution in [0.2, 0.25) is 5.02 Å². The van der Waals surface area contributed by atoms with Crippen LogP contribution in [0.5, 0.6) is 5.75 Å². The van der Waals surface area contributed by atoms with Crippen molar-refractivity contribution in [1.29, 1.82) is 5.26 Å². The molecule has 3 atom stereocenters. The van der Waals surface area contributed by atoms with E-state index in [2.05, 4.69) is 16.7 Å². The highest BCUT2D eigenvalue weighted by molar-refractivity contribution is 8.03. The SMILES string of the molecule is CCOC(=O)[C@@H]1[C@H](c2ccc(Cl)cc2)C(C#N)=C(SCC(=O)Nc2cccc(OC)c2)N[C@@]1(O)c1ccccc1. The van der Waals surface area contributed by atoms with Gasteiger partial charge < -0.3 is 25.2 Å². The van der Waals surface area contributed by atoms with Gasteiger partial charge in [0.15, 0.2) is 5.72 Å². The van der Waals surface area contributed by atoms with Gasteiger partial charge in [0, 0.05) is 28.3 Å². The number of carbonyl (C=O) groups is 2. The summed E-state index contributed by atoms with van der Waals surface area (Å²) in [7, 11) is 1.54. The molecule has 0 bridgehead atoms. The Balaban J connectivity index is 1.76. The minimum absolute atomic E-state index is 0.0764. The largest absolute Gasteiger partial charge is 0.497 e. The van der Waals surface area contributed by atoms with Gasteiger partial charge in [0.05, 0.1) is 36.1 Å². The number of hydrogen-bond donors (Lipinski definition) is 3. The molecule has 1 heterocycles. The molecule has 0 radical (unpaired) electrons. The van der Waals surface area contributed by atoms with Gasteiger partial charge in [0.2, 0.25) is 5.91 Å². The zero-order valence-electron chi connectivity index (χ0n) is 21.9. The third-order valence-corrected chi connectivity index (χ3v) is 7.72. The van der Waals surface area contributed by atoms with Crippen molar-refractivity contribution in [2.45, 2.75) is 18.6 Å². The number of nitriles is 1. The quantitative estimate of drug-likeness (QED) is 0.298. The first kappa shape index (κ1) is 29.0. The van der Waals surface area contributed by atoms with Crippen LogP contribution in [0, 0.1) is 17.2 Å². The predicted molar refractivity (Wildman–Crippen MR) is 155 cm³/mol. The Hall–Kier alpha value is -3.97. The number of methoxy groups -OCH3 is 1. The lowest BCUT2D eigenvalue weighted by atomic mass is 9.71. The van der Waals surface area contributed by atoms with E-state index < -0.39 is 23.5 Å². The first-order valence-electron chi connectivity index (χ1n) is 12.5. The van der Waals surface area contributed by atoms with Gasteiger partial charge in [-0.3, -0.25) is 9.59 Å². The average Bonchev–Trinajstić information content (AvgIpc) is 2.96. The number of nitrogens with zero attached hydrogens (tertiary/aromatic N) is 1. The zero-order valence-corrected chi connectivity index (χ0v) is 23.5. The highest BCUT2D eigenvalue weighted by Gasteiger charge is 2.54. The summed E-state index contributed by atoms with van der Waals surface area (Å²) in [5.41, 5.74) is -0.209. The van der Waals surface area contributed by atoms with Crippen molar-refractivity contribution < 1.29 is 24.2 Å². The van der Waals surface area contributed by atoms with Gasteiger partial charge in [-0.15, -0.1) is 0 Å². The number of benzene rings is 3. The number of anilines is 1. The van der Waals surface area contributed by atoms with Crippen molar-refractivity contribution in [1.82, 2.24) is 5.32 Å². The fraction of sp³-hybridized carbons (Fsp3) is 0.233. The van der Waals surface area contributed by atoms with Gasteiger partial charge in [-0.2, -0.15) is 5.26 Å². The van der Waals surface area contributed by atoms with Crippen LogP contribution in [-0.4, -0.2) is 36.5 Å². The van der Waals surface area contributed by atoms with Gasteiger partial charge in [0.1, 0.15) is 11.7 Å². The molecule has 206 valence electrons. The fourth-order valence-electron chi connectivity index (χ4n) is 4.65. The summed E-state index contributed by atoms with van der Waals surface area (Å²) >= 11 is 7.19. The van der Waals surface area contributed by atoms with Crippen molar-refractivity contribution in [3.8, 4) is 11.8 Å². The highest BCUT2D eigenvalue weighted by atomic mass is 35.5. The fourth-order valence-corrected chi connectivity index (χ4v) is 5.68. The second kappa shape index (κ2) is 12.9. The van der Waals surface area contributed by atoms with E-state index in [4.69, 9.17) is 21.1 Å². The molecule has 10 heteroatoms. The number of halogens is 1. The Morgan fingerprint density at radius 2 is 1.85 bits per heavy atom. The summed E-state index contributed by atoms with van der Waals surface area (Å²) in [6.45, 7) is 1.77. The normalized spacial score (nSPS) is 20.2. The number of allylic oxidation sites excluding steroid dienone is 1. The molecule has 0 unspecified atom stereocenters. The molecule has 0 aliphatic carbocycles. The maximum absolute atomic E-state index is 13.5. The van der Waals surface area contributed by atoms with Crippen LogP contribution in [0.4, 0.5) is 5.69 Å². The monoisotopic (exact) mass is 577 g/mol. The Morgan fingerprint density at radius 3 is 2.50 bits per heavy atom. The zero-order chi connectivity index (χ0) is 28.7. The van der Waals surface area contributed by atoms with Crippen LogP contribution in [0.25, 0.3) is 0 Å². The molecule has 3 N–H and O–H groups in total.